The minimum Gasteiger partial charge on any atom is -0.266 e. The van der Waals surface area contributed by atoms with E-state index in [1.54, 1.807) is 12.4 Å². The summed E-state index contributed by atoms with van der Waals surface area (Å²) in [5, 5.41) is 6.61. The molecule has 0 bridgehead atoms. The second-order valence-electron chi connectivity index (χ2n) is 5.86. The van der Waals surface area contributed by atoms with Gasteiger partial charge in [-0.2, -0.15) is 9.50 Å². The molecule has 5 aromatic rings. The van der Waals surface area contributed by atoms with Crippen molar-refractivity contribution in [2.75, 3.05) is 0 Å². The van der Waals surface area contributed by atoms with Crippen molar-refractivity contribution in [2.45, 2.75) is 0 Å². The summed E-state index contributed by atoms with van der Waals surface area (Å²) >= 11 is 1.34. The van der Waals surface area contributed by atoms with Gasteiger partial charge in [0, 0.05) is 18.0 Å². The molecule has 5 nitrogen and oxygen atoms in total. The predicted molar refractivity (Wildman–Crippen MR) is 103 cm³/mol. The molecule has 0 unspecified atom stereocenters. The van der Waals surface area contributed by atoms with E-state index in [2.05, 4.69) is 33.3 Å². The normalized spacial score (nSPS) is 12.2. The van der Waals surface area contributed by atoms with E-state index in [-0.39, 0.29) is 5.56 Å². The molecule has 3 heterocycles. The molecule has 0 aliphatic carbocycles. The second-order valence-corrected chi connectivity index (χ2v) is 6.86. The first-order valence-corrected chi connectivity index (χ1v) is 8.91. The van der Waals surface area contributed by atoms with E-state index in [0.29, 0.717) is 15.3 Å². The maximum Gasteiger partial charge on any atom is 0.291 e. The second kappa shape index (κ2) is 5.86. The Hall–Kier alpha value is -3.38. The molecule has 5 rings (SSSR count). The van der Waals surface area contributed by atoms with Crippen LogP contribution in [0.5, 0.6) is 0 Å². The topological polar surface area (TPSA) is 60.2 Å². The lowest BCUT2D eigenvalue weighted by Crippen LogP contribution is -2.23. The zero-order valence-electron chi connectivity index (χ0n) is 13.5. The van der Waals surface area contributed by atoms with Crippen LogP contribution in [0.4, 0.5) is 0 Å². The molecule has 2 aromatic carbocycles. The van der Waals surface area contributed by atoms with Gasteiger partial charge in [0.2, 0.25) is 4.96 Å². The first-order chi connectivity index (χ1) is 12.8. The third kappa shape index (κ3) is 2.39. The Bertz CT molecular complexity index is 1350. The highest BCUT2D eigenvalue weighted by atomic mass is 32.1. The van der Waals surface area contributed by atoms with Gasteiger partial charge < -0.3 is 0 Å². The van der Waals surface area contributed by atoms with Gasteiger partial charge in [-0.25, -0.2) is 0 Å². The van der Waals surface area contributed by atoms with Crippen LogP contribution in [-0.2, 0) is 0 Å². The molecule has 0 saturated heterocycles. The van der Waals surface area contributed by atoms with Crippen molar-refractivity contribution >= 4 is 33.1 Å². The Balaban J connectivity index is 1.68. The van der Waals surface area contributed by atoms with E-state index in [9.17, 15) is 4.79 Å². The average Bonchev–Trinajstić information content (AvgIpc) is 3.23. The van der Waals surface area contributed by atoms with Gasteiger partial charge in [-0.15, -0.1) is 5.10 Å². The van der Waals surface area contributed by atoms with E-state index in [1.165, 1.54) is 15.9 Å². The quantitative estimate of drug-likeness (QED) is 0.488. The molecular formula is C20H12N4OS. The van der Waals surface area contributed by atoms with E-state index in [1.807, 2.05) is 42.5 Å². The molecule has 0 N–H and O–H groups in total. The Morgan fingerprint density at radius 3 is 2.73 bits per heavy atom. The Labute approximate surface area is 151 Å². The van der Waals surface area contributed by atoms with Crippen molar-refractivity contribution < 1.29 is 0 Å². The number of rotatable bonds is 2. The molecule has 0 radical (unpaired) electrons. The molecule has 6 heteroatoms. The lowest BCUT2D eigenvalue weighted by Gasteiger charge is -2.00. The van der Waals surface area contributed by atoms with E-state index >= 15 is 0 Å². The molecule has 26 heavy (non-hydrogen) atoms. The van der Waals surface area contributed by atoms with Gasteiger partial charge in [-0.05, 0) is 34.5 Å². The van der Waals surface area contributed by atoms with E-state index in [4.69, 9.17) is 0 Å². The highest BCUT2D eigenvalue weighted by molar-refractivity contribution is 7.15. The summed E-state index contributed by atoms with van der Waals surface area (Å²) in [6.45, 7) is 0. The van der Waals surface area contributed by atoms with Crippen molar-refractivity contribution in [1.29, 1.82) is 0 Å². The highest BCUT2D eigenvalue weighted by Gasteiger charge is 2.12. The SMILES string of the molecule is O=c1c(=Cc2cccc3ccccc23)sc2nc(-c3cccnc3)nn12. The summed E-state index contributed by atoms with van der Waals surface area (Å²) < 4.78 is 1.98. The summed E-state index contributed by atoms with van der Waals surface area (Å²) in [5.41, 5.74) is 1.65. The number of thiazole rings is 1. The lowest BCUT2D eigenvalue weighted by atomic mass is 10.0. The molecule has 0 aliphatic rings. The molecule has 0 amide bonds. The van der Waals surface area contributed by atoms with Crippen LogP contribution in [0, 0.1) is 0 Å². The molecule has 0 atom stereocenters. The maximum absolute atomic E-state index is 12.7. The summed E-state index contributed by atoms with van der Waals surface area (Å²) in [6.07, 6.45) is 5.29. The summed E-state index contributed by atoms with van der Waals surface area (Å²) in [6, 6.07) is 17.9. The number of hydrogen-bond acceptors (Lipinski definition) is 5. The summed E-state index contributed by atoms with van der Waals surface area (Å²) in [4.78, 5) is 21.9. The third-order valence-electron chi connectivity index (χ3n) is 4.21. The fraction of sp³-hybridized carbons (Fsp3) is 0. The Kier molecular flexibility index (Phi) is 3.36. The highest BCUT2D eigenvalue weighted by Crippen LogP contribution is 2.19. The van der Waals surface area contributed by atoms with Gasteiger partial charge >= 0.3 is 0 Å². The third-order valence-corrected chi connectivity index (χ3v) is 5.17. The molecule has 3 aromatic heterocycles. The van der Waals surface area contributed by atoms with Crippen molar-refractivity contribution in [2.24, 2.45) is 0 Å². The fourth-order valence-corrected chi connectivity index (χ4v) is 3.87. The van der Waals surface area contributed by atoms with Crippen LogP contribution < -0.4 is 10.1 Å². The monoisotopic (exact) mass is 356 g/mol. The van der Waals surface area contributed by atoms with E-state index in [0.717, 1.165) is 21.9 Å². The number of hydrogen-bond donors (Lipinski definition) is 0. The van der Waals surface area contributed by atoms with Crippen LogP contribution in [0.2, 0.25) is 0 Å². The number of nitrogens with zero attached hydrogens (tertiary/aromatic N) is 4. The Morgan fingerprint density at radius 2 is 1.88 bits per heavy atom. The minimum absolute atomic E-state index is 0.152. The van der Waals surface area contributed by atoms with Gasteiger partial charge in [0.1, 0.15) is 0 Å². The van der Waals surface area contributed by atoms with Gasteiger partial charge in [-0.3, -0.25) is 9.78 Å². The zero-order chi connectivity index (χ0) is 17.5. The first kappa shape index (κ1) is 14.9. The molecule has 124 valence electrons. The maximum atomic E-state index is 12.7. The average molecular weight is 356 g/mol. The predicted octanol–water partition coefficient (Wildman–Crippen LogP) is 2.91. The van der Waals surface area contributed by atoms with Crippen LogP contribution in [0.1, 0.15) is 5.56 Å². The first-order valence-electron chi connectivity index (χ1n) is 8.09. The van der Waals surface area contributed by atoms with Crippen LogP contribution in [0.3, 0.4) is 0 Å². The van der Waals surface area contributed by atoms with Crippen LogP contribution in [0.15, 0.2) is 71.8 Å². The van der Waals surface area contributed by atoms with E-state index < -0.39 is 0 Å². The number of benzene rings is 2. The number of aromatic nitrogens is 4. The van der Waals surface area contributed by atoms with Gasteiger partial charge in [-0.1, -0.05) is 53.8 Å². The minimum atomic E-state index is -0.152. The van der Waals surface area contributed by atoms with Gasteiger partial charge in [0.25, 0.3) is 5.56 Å². The smallest absolute Gasteiger partial charge is 0.266 e. The number of fused-ring (bicyclic) bond motifs is 2. The molecule has 0 saturated carbocycles. The number of pyridine rings is 1. The van der Waals surface area contributed by atoms with Crippen molar-refractivity contribution in [3.63, 3.8) is 0 Å². The van der Waals surface area contributed by atoms with Crippen molar-refractivity contribution in [1.82, 2.24) is 19.6 Å². The van der Waals surface area contributed by atoms with Crippen molar-refractivity contribution in [3.8, 4) is 11.4 Å². The van der Waals surface area contributed by atoms with Crippen LogP contribution >= 0.6 is 11.3 Å². The van der Waals surface area contributed by atoms with Crippen molar-refractivity contribution in [3.05, 3.63) is 87.4 Å². The van der Waals surface area contributed by atoms with Crippen LogP contribution in [0.25, 0.3) is 33.2 Å². The molecule has 0 fully saturated rings. The Morgan fingerprint density at radius 1 is 1.00 bits per heavy atom. The van der Waals surface area contributed by atoms with Gasteiger partial charge in [0.05, 0.1) is 4.53 Å². The lowest BCUT2D eigenvalue weighted by molar-refractivity contribution is 0.936. The zero-order valence-corrected chi connectivity index (χ0v) is 14.4. The fourth-order valence-electron chi connectivity index (χ4n) is 2.97. The molecule has 0 spiro atoms. The molecule has 0 aliphatic heterocycles. The van der Waals surface area contributed by atoms with Gasteiger partial charge in [0.15, 0.2) is 5.82 Å². The summed E-state index contributed by atoms with van der Waals surface area (Å²) in [7, 11) is 0. The largest absolute Gasteiger partial charge is 0.291 e. The standard InChI is InChI=1S/C20H12N4OS/c25-19-17(11-14-7-3-6-13-5-1-2-9-16(13)14)26-20-22-18(23-24(19)20)15-8-4-10-21-12-15/h1-12H. The van der Waals surface area contributed by atoms with Crippen LogP contribution in [-0.4, -0.2) is 19.6 Å². The summed E-state index contributed by atoms with van der Waals surface area (Å²) in [5.74, 6) is 0.512. The molecular weight excluding hydrogens is 344 g/mol.